The van der Waals surface area contributed by atoms with Gasteiger partial charge in [0.1, 0.15) is 6.04 Å². The minimum Gasteiger partial charge on any atom is -0.396 e. The average Bonchev–Trinajstić information content (AvgIpc) is 3.54. The lowest BCUT2D eigenvalue weighted by atomic mass is 9.70. The Bertz CT molecular complexity index is 1210. The largest absolute Gasteiger partial charge is 0.396 e. The van der Waals surface area contributed by atoms with E-state index in [9.17, 15) is 14.4 Å². The van der Waals surface area contributed by atoms with Crippen LogP contribution >= 0.6 is 11.8 Å². The number of fused-ring (bicyclic) bond motifs is 1. The van der Waals surface area contributed by atoms with Crippen molar-refractivity contribution >= 4 is 40.9 Å². The Morgan fingerprint density at radius 1 is 1.03 bits per heavy atom. The first kappa shape index (κ1) is 26.8. The van der Waals surface area contributed by atoms with E-state index in [1.807, 2.05) is 62.4 Å². The number of aryl methyl sites for hydroxylation is 2. The number of benzene rings is 2. The molecule has 3 fully saturated rings. The third-order valence-electron chi connectivity index (χ3n) is 8.35. The molecule has 3 amide bonds. The minimum absolute atomic E-state index is 0.0235. The number of para-hydroxylation sites is 1. The molecule has 3 aliphatic rings. The molecular weight excluding hydrogens is 498 g/mol. The van der Waals surface area contributed by atoms with E-state index < -0.39 is 22.6 Å². The van der Waals surface area contributed by atoms with Crippen molar-refractivity contribution in [2.75, 3.05) is 23.8 Å². The number of carbonyl (C=O) groups is 3. The minimum atomic E-state index is -0.623. The van der Waals surface area contributed by atoms with E-state index in [0.717, 1.165) is 61.0 Å². The number of unbranched alkanes of at least 4 members (excludes halogenated alkanes) is 3. The monoisotopic (exact) mass is 535 g/mol. The number of nitrogens with one attached hydrogen (secondary N) is 2. The Labute approximate surface area is 228 Å². The molecule has 5 rings (SSSR count). The summed E-state index contributed by atoms with van der Waals surface area (Å²) in [4.78, 5) is 43.4. The van der Waals surface area contributed by atoms with Gasteiger partial charge in [-0.3, -0.25) is 14.4 Å². The summed E-state index contributed by atoms with van der Waals surface area (Å²) in [6.45, 7) is 4.59. The topological polar surface area (TPSA) is 98.7 Å². The van der Waals surface area contributed by atoms with Crippen LogP contribution in [0.2, 0.25) is 0 Å². The first-order chi connectivity index (χ1) is 18.4. The van der Waals surface area contributed by atoms with Crippen LogP contribution in [0.5, 0.6) is 0 Å². The van der Waals surface area contributed by atoms with Gasteiger partial charge in [-0.25, -0.2) is 0 Å². The highest BCUT2D eigenvalue weighted by atomic mass is 32.2. The first-order valence-corrected chi connectivity index (χ1v) is 14.6. The van der Waals surface area contributed by atoms with Crippen LogP contribution in [-0.2, 0) is 14.4 Å². The Morgan fingerprint density at radius 2 is 1.79 bits per heavy atom. The lowest BCUT2D eigenvalue weighted by molar-refractivity contribution is -0.138. The molecule has 0 saturated carbocycles. The Morgan fingerprint density at radius 3 is 2.55 bits per heavy atom. The number of hydrogen-bond donors (Lipinski definition) is 3. The highest BCUT2D eigenvalue weighted by Gasteiger charge is 2.73. The molecule has 202 valence electrons. The quantitative estimate of drug-likeness (QED) is 0.389. The van der Waals surface area contributed by atoms with Gasteiger partial charge in [-0.15, -0.1) is 11.8 Å². The van der Waals surface area contributed by atoms with Crippen LogP contribution < -0.4 is 10.6 Å². The third kappa shape index (κ3) is 4.84. The Balaban J connectivity index is 1.43. The number of anilines is 2. The van der Waals surface area contributed by atoms with Gasteiger partial charge in [0.05, 0.1) is 16.6 Å². The predicted molar refractivity (Wildman–Crippen MR) is 151 cm³/mol. The van der Waals surface area contributed by atoms with Crippen molar-refractivity contribution < 1.29 is 19.5 Å². The summed E-state index contributed by atoms with van der Waals surface area (Å²) in [6.07, 6.45) is 4.82. The second-order valence-electron chi connectivity index (χ2n) is 10.9. The molecule has 38 heavy (non-hydrogen) atoms. The van der Waals surface area contributed by atoms with E-state index in [2.05, 4.69) is 10.6 Å². The fourth-order valence-corrected chi connectivity index (χ4v) is 8.78. The number of aliphatic hydroxyl groups is 1. The van der Waals surface area contributed by atoms with Gasteiger partial charge in [-0.05, 0) is 68.9 Å². The van der Waals surface area contributed by atoms with Crippen LogP contribution in [0.3, 0.4) is 0 Å². The number of carbonyl (C=O) groups excluding carboxylic acids is 3. The summed E-state index contributed by atoms with van der Waals surface area (Å²) in [5.74, 6) is -1.34. The molecule has 3 heterocycles. The number of amides is 3. The molecule has 2 bridgehead atoms. The highest BCUT2D eigenvalue weighted by molar-refractivity contribution is 8.02. The average molecular weight is 536 g/mol. The third-order valence-corrected chi connectivity index (χ3v) is 10.3. The van der Waals surface area contributed by atoms with Gasteiger partial charge in [-0.2, -0.15) is 0 Å². The summed E-state index contributed by atoms with van der Waals surface area (Å²) < 4.78 is -0.604. The molecule has 3 aliphatic heterocycles. The van der Waals surface area contributed by atoms with Crippen LogP contribution in [0.15, 0.2) is 48.5 Å². The molecule has 8 heteroatoms. The fourth-order valence-electron chi connectivity index (χ4n) is 6.56. The number of likely N-dealkylation sites (tertiary alicyclic amines) is 1. The lowest BCUT2D eigenvalue weighted by Crippen LogP contribution is -2.51. The van der Waals surface area contributed by atoms with Crippen molar-refractivity contribution in [3.8, 4) is 0 Å². The molecular formula is C30H37N3O4S. The van der Waals surface area contributed by atoms with Crippen molar-refractivity contribution in [2.45, 2.75) is 68.4 Å². The van der Waals surface area contributed by atoms with E-state index in [1.165, 1.54) is 0 Å². The van der Waals surface area contributed by atoms with Gasteiger partial charge in [0, 0.05) is 29.8 Å². The number of thioether (sulfide) groups is 1. The SMILES string of the molecule is Cc1ccc(C)c(NC(=O)C2N(CCCCCCO)C(=O)[C@@H]3[C@H](C(=O)Nc4ccccc4)[C@@H]4CCC23S4)c1. The van der Waals surface area contributed by atoms with Crippen molar-refractivity contribution in [1.29, 1.82) is 0 Å². The molecule has 2 aromatic rings. The first-order valence-electron chi connectivity index (χ1n) is 13.7. The molecule has 3 N–H and O–H groups in total. The molecule has 0 aliphatic carbocycles. The zero-order chi connectivity index (χ0) is 26.9. The van der Waals surface area contributed by atoms with Gasteiger partial charge in [-0.1, -0.05) is 43.2 Å². The maximum Gasteiger partial charge on any atom is 0.248 e. The summed E-state index contributed by atoms with van der Waals surface area (Å²) in [5.41, 5.74) is 3.51. The number of rotatable bonds is 10. The molecule has 2 unspecified atom stereocenters. The molecule has 7 nitrogen and oxygen atoms in total. The summed E-state index contributed by atoms with van der Waals surface area (Å²) in [7, 11) is 0. The van der Waals surface area contributed by atoms with Gasteiger partial charge < -0.3 is 20.6 Å². The molecule has 5 atom stereocenters. The molecule has 2 aromatic carbocycles. The molecule has 1 spiro atoms. The summed E-state index contributed by atoms with van der Waals surface area (Å²) in [6, 6.07) is 14.7. The standard InChI is InChI=1S/C30H37N3O4S/c1-19-12-13-20(2)22(18-19)32-28(36)26-30-15-14-23(38-30)24(27(35)31-21-10-6-5-7-11-21)25(30)29(37)33(26)16-8-3-4-9-17-34/h5-7,10-13,18,23-26,34H,3-4,8-9,14-17H2,1-2H3,(H,31,35)(H,32,36)/t23-,24+,25-,26?,30?/m0/s1. The Hall–Kier alpha value is -2.84. The van der Waals surface area contributed by atoms with Crippen molar-refractivity contribution in [3.63, 3.8) is 0 Å². The van der Waals surface area contributed by atoms with Crippen molar-refractivity contribution in [3.05, 3.63) is 59.7 Å². The predicted octanol–water partition coefficient (Wildman–Crippen LogP) is 4.52. The van der Waals surface area contributed by atoms with E-state index >= 15 is 0 Å². The molecule has 0 radical (unpaired) electrons. The van der Waals surface area contributed by atoms with Gasteiger partial charge in [0.15, 0.2) is 0 Å². The number of nitrogens with zero attached hydrogens (tertiary/aromatic N) is 1. The summed E-state index contributed by atoms with van der Waals surface area (Å²) in [5, 5.41) is 15.3. The summed E-state index contributed by atoms with van der Waals surface area (Å²) >= 11 is 1.69. The van der Waals surface area contributed by atoms with Crippen LogP contribution in [0.4, 0.5) is 11.4 Å². The van der Waals surface area contributed by atoms with Crippen LogP contribution in [0.25, 0.3) is 0 Å². The fraction of sp³-hybridized carbons (Fsp3) is 0.500. The van der Waals surface area contributed by atoms with Crippen molar-refractivity contribution in [1.82, 2.24) is 4.90 Å². The maximum absolute atomic E-state index is 14.1. The molecule has 0 aromatic heterocycles. The highest BCUT2D eigenvalue weighted by Crippen LogP contribution is 2.66. The zero-order valence-corrected chi connectivity index (χ0v) is 22.9. The normalized spacial score (nSPS) is 27.4. The second kappa shape index (κ2) is 11.1. The zero-order valence-electron chi connectivity index (χ0n) is 22.1. The van der Waals surface area contributed by atoms with E-state index in [-0.39, 0.29) is 29.6 Å². The molecule has 3 saturated heterocycles. The van der Waals surface area contributed by atoms with Crippen LogP contribution in [-0.4, -0.2) is 56.9 Å². The Kier molecular flexibility index (Phi) is 7.82. The van der Waals surface area contributed by atoms with E-state index in [4.69, 9.17) is 5.11 Å². The number of aliphatic hydroxyl groups excluding tert-OH is 1. The van der Waals surface area contributed by atoms with Gasteiger partial charge in [0.25, 0.3) is 0 Å². The van der Waals surface area contributed by atoms with Crippen molar-refractivity contribution in [2.24, 2.45) is 11.8 Å². The van der Waals surface area contributed by atoms with Crippen LogP contribution in [0.1, 0.15) is 49.7 Å². The number of hydrogen-bond acceptors (Lipinski definition) is 5. The van der Waals surface area contributed by atoms with E-state index in [0.29, 0.717) is 6.54 Å². The van der Waals surface area contributed by atoms with E-state index in [1.54, 1.807) is 16.7 Å². The second-order valence-corrected chi connectivity index (χ2v) is 12.5. The van der Waals surface area contributed by atoms with Gasteiger partial charge in [0.2, 0.25) is 17.7 Å². The lowest BCUT2D eigenvalue weighted by Gasteiger charge is -2.34. The van der Waals surface area contributed by atoms with Gasteiger partial charge >= 0.3 is 0 Å². The van der Waals surface area contributed by atoms with Crippen LogP contribution in [0, 0.1) is 25.7 Å². The smallest absolute Gasteiger partial charge is 0.248 e. The maximum atomic E-state index is 14.1.